The van der Waals surface area contributed by atoms with Crippen LogP contribution in [0.15, 0.2) is 40.8 Å². The van der Waals surface area contributed by atoms with Gasteiger partial charge in [0.2, 0.25) is 23.3 Å². The normalized spacial score (nSPS) is 10.8. The van der Waals surface area contributed by atoms with E-state index in [1.807, 2.05) is 0 Å². The van der Waals surface area contributed by atoms with Crippen LogP contribution >= 0.6 is 11.6 Å². The van der Waals surface area contributed by atoms with Crippen LogP contribution in [0.3, 0.4) is 0 Å². The van der Waals surface area contributed by atoms with E-state index < -0.39 is 11.7 Å². The summed E-state index contributed by atoms with van der Waals surface area (Å²) in [6.07, 6.45) is 0. The Hall–Kier alpha value is -3.06. The Bertz CT molecular complexity index is 890. The van der Waals surface area contributed by atoms with Crippen LogP contribution in [-0.4, -0.2) is 25.9 Å². The lowest BCUT2D eigenvalue weighted by Crippen LogP contribution is -2.03. The van der Waals surface area contributed by atoms with Crippen molar-refractivity contribution in [3.05, 3.63) is 41.4 Å². The number of esters is 1. The smallest absolute Gasteiger partial charge is 0.308 e. The zero-order valence-electron chi connectivity index (χ0n) is 12.4. The maximum atomic E-state index is 11.3. The molecule has 2 aromatic heterocycles. The van der Waals surface area contributed by atoms with Gasteiger partial charge >= 0.3 is 5.97 Å². The molecular weight excluding hydrogens is 338 g/mol. The first-order chi connectivity index (χ1) is 11.4. The van der Waals surface area contributed by atoms with Gasteiger partial charge < -0.3 is 24.5 Å². The van der Waals surface area contributed by atoms with Crippen LogP contribution in [0.1, 0.15) is 6.92 Å². The number of aromatic nitrogens is 1. The molecule has 24 heavy (non-hydrogen) atoms. The molecule has 0 fully saturated rings. The summed E-state index contributed by atoms with van der Waals surface area (Å²) in [7, 11) is 0. The highest BCUT2D eigenvalue weighted by Gasteiger charge is 2.28. The van der Waals surface area contributed by atoms with E-state index in [9.17, 15) is 20.1 Å². The maximum Gasteiger partial charge on any atom is 0.308 e. The summed E-state index contributed by atoms with van der Waals surface area (Å²) in [6.45, 7) is 1.15. The summed E-state index contributed by atoms with van der Waals surface area (Å²) in [5, 5.41) is 30.6. The fourth-order valence-corrected chi connectivity index (χ4v) is 2.33. The number of hydrogen-bond acceptors (Lipinski definition) is 6. The summed E-state index contributed by atoms with van der Waals surface area (Å²) in [5.74, 6) is -2.46. The lowest BCUT2D eigenvalue weighted by Gasteiger charge is -2.05. The van der Waals surface area contributed by atoms with Gasteiger partial charge in [0, 0.05) is 29.6 Å². The Labute approximate surface area is 140 Å². The zero-order valence-corrected chi connectivity index (χ0v) is 13.1. The van der Waals surface area contributed by atoms with Gasteiger partial charge in [-0.2, -0.15) is 0 Å². The van der Waals surface area contributed by atoms with E-state index >= 15 is 0 Å². The first kappa shape index (κ1) is 15.8. The van der Waals surface area contributed by atoms with Crippen LogP contribution in [0.5, 0.6) is 23.3 Å². The largest absolute Gasteiger partial charge is 0.502 e. The Morgan fingerprint density at radius 1 is 1.08 bits per heavy atom. The first-order valence-corrected chi connectivity index (χ1v) is 7.16. The average molecular weight is 350 g/mol. The van der Waals surface area contributed by atoms with E-state index in [4.69, 9.17) is 20.8 Å². The Morgan fingerprint density at radius 2 is 1.67 bits per heavy atom. The second kappa shape index (κ2) is 5.86. The maximum absolute atomic E-state index is 11.3. The minimum Gasteiger partial charge on any atom is -0.502 e. The van der Waals surface area contributed by atoms with Gasteiger partial charge in [-0.25, -0.2) is 4.57 Å². The molecule has 0 aliphatic rings. The Morgan fingerprint density at radius 3 is 2.21 bits per heavy atom. The highest BCUT2D eigenvalue weighted by molar-refractivity contribution is 6.30. The molecule has 124 valence electrons. The predicted molar refractivity (Wildman–Crippen MR) is 84.8 cm³/mol. The van der Waals surface area contributed by atoms with Crippen molar-refractivity contribution in [2.45, 2.75) is 6.92 Å². The van der Waals surface area contributed by atoms with Crippen molar-refractivity contribution in [3.8, 4) is 40.5 Å². The lowest BCUT2D eigenvalue weighted by molar-refractivity contribution is -0.132. The first-order valence-electron chi connectivity index (χ1n) is 6.78. The summed E-state index contributed by atoms with van der Waals surface area (Å²) < 4.78 is 11.4. The molecule has 3 aromatic rings. The number of halogens is 1. The standard InChI is InChI=1S/C16H12ClNO6/c1-8(19)23-15-13(22)14(9-2-4-10(17)5-3-9)24-16(15)18-11(20)6-7-12(18)21/h2-7,20-22H,1H3. The summed E-state index contributed by atoms with van der Waals surface area (Å²) >= 11 is 5.83. The zero-order chi connectivity index (χ0) is 17.4. The molecule has 2 heterocycles. The number of furan rings is 1. The number of carbonyl (C=O) groups excluding carboxylic acids is 1. The van der Waals surface area contributed by atoms with Gasteiger partial charge in [0.1, 0.15) is 0 Å². The van der Waals surface area contributed by atoms with Crippen molar-refractivity contribution < 1.29 is 29.3 Å². The number of carbonyl (C=O) groups is 1. The van der Waals surface area contributed by atoms with Crippen molar-refractivity contribution in [2.75, 3.05) is 0 Å². The van der Waals surface area contributed by atoms with Gasteiger partial charge in [-0.05, 0) is 24.3 Å². The van der Waals surface area contributed by atoms with Gasteiger partial charge in [0.05, 0.1) is 0 Å². The predicted octanol–water partition coefficient (Wildman–Crippen LogP) is 3.43. The molecule has 0 atom stereocenters. The van der Waals surface area contributed by atoms with E-state index in [1.165, 1.54) is 12.1 Å². The molecule has 0 bridgehead atoms. The third-order valence-electron chi connectivity index (χ3n) is 3.22. The number of hydrogen-bond donors (Lipinski definition) is 3. The van der Waals surface area contributed by atoms with E-state index in [2.05, 4.69) is 0 Å². The van der Waals surface area contributed by atoms with Gasteiger partial charge in [-0.3, -0.25) is 4.79 Å². The van der Waals surface area contributed by atoms with Crippen LogP contribution in [-0.2, 0) is 4.79 Å². The Balaban J connectivity index is 2.23. The molecule has 0 unspecified atom stereocenters. The molecule has 0 amide bonds. The van der Waals surface area contributed by atoms with Gasteiger partial charge in [0.25, 0.3) is 5.88 Å². The van der Waals surface area contributed by atoms with Crippen molar-refractivity contribution >= 4 is 17.6 Å². The van der Waals surface area contributed by atoms with Gasteiger partial charge in [-0.1, -0.05) is 11.6 Å². The van der Waals surface area contributed by atoms with Crippen LogP contribution in [0.2, 0.25) is 5.02 Å². The van der Waals surface area contributed by atoms with Crippen LogP contribution in [0.4, 0.5) is 0 Å². The molecule has 0 spiro atoms. The molecule has 1 aromatic carbocycles. The second-order valence-corrected chi connectivity index (χ2v) is 5.34. The molecule has 0 saturated heterocycles. The SMILES string of the molecule is CC(=O)Oc1c(-n2c(O)ccc2O)oc(-c2ccc(Cl)cc2)c1O. The lowest BCUT2D eigenvalue weighted by atomic mass is 10.1. The molecule has 0 saturated carbocycles. The number of ether oxygens (including phenoxy) is 1. The third kappa shape index (κ3) is 2.65. The molecule has 0 radical (unpaired) electrons. The molecule has 0 aliphatic carbocycles. The molecule has 7 nitrogen and oxygen atoms in total. The second-order valence-electron chi connectivity index (χ2n) is 4.90. The van der Waals surface area contributed by atoms with Gasteiger partial charge in [0.15, 0.2) is 5.76 Å². The molecule has 3 rings (SSSR count). The minimum atomic E-state index is -0.707. The van der Waals surface area contributed by atoms with Crippen LogP contribution in [0, 0.1) is 0 Å². The summed E-state index contributed by atoms with van der Waals surface area (Å²) in [6, 6.07) is 8.81. The molecule has 8 heteroatoms. The number of benzene rings is 1. The van der Waals surface area contributed by atoms with Crippen molar-refractivity contribution in [1.29, 1.82) is 0 Å². The molecule has 0 aliphatic heterocycles. The van der Waals surface area contributed by atoms with Crippen LogP contribution in [0.25, 0.3) is 17.2 Å². The van der Waals surface area contributed by atoms with E-state index in [1.54, 1.807) is 24.3 Å². The van der Waals surface area contributed by atoms with Crippen molar-refractivity contribution in [2.24, 2.45) is 0 Å². The van der Waals surface area contributed by atoms with Crippen LogP contribution < -0.4 is 4.74 Å². The molecule has 3 N–H and O–H groups in total. The van der Waals surface area contributed by atoms with Crippen molar-refractivity contribution in [3.63, 3.8) is 0 Å². The van der Waals surface area contributed by atoms with E-state index in [-0.39, 0.29) is 29.2 Å². The quantitative estimate of drug-likeness (QED) is 0.626. The Kier molecular flexibility index (Phi) is 3.86. The highest BCUT2D eigenvalue weighted by atomic mass is 35.5. The number of aromatic hydroxyl groups is 3. The van der Waals surface area contributed by atoms with E-state index in [0.717, 1.165) is 11.5 Å². The van der Waals surface area contributed by atoms with Gasteiger partial charge in [-0.15, -0.1) is 0 Å². The minimum absolute atomic E-state index is 0.00887. The third-order valence-corrected chi connectivity index (χ3v) is 3.47. The average Bonchev–Trinajstić information content (AvgIpc) is 3.01. The molecular formula is C16H12ClNO6. The number of rotatable bonds is 3. The number of nitrogens with zero attached hydrogens (tertiary/aromatic N) is 1. The summed E-state index contributed by atoms with van der Waals surface area (Å²) in [5.41, 5.74) is 0.461. The monoisotopic (exact) mass is 349 g/mol. The fraction of sp³-hybridized carbons (Fsp3) is 0.0625. The summed E-state index contributed by atoms with van der Waals surface area (Å²) in [4.78, 5) is 11.3. The van der Waals surface area contributed by atoms with Crippen molar-refractivity contribution in [1.82, 2.24) is 4.57 Å². The highest BCUT2D eigenvalue weighted by Crippen LogP contribution is 2.47. The fourth-order valence-electron chi connectivity index (χ4n) is 2.20. The topological polar surface area (TPSA) is 105 Å². The van der Waals surface area contributed by atoms with E-state index in [0.29, 0.717) is 10.6 Å².